The molecule has 1 aliphatic carbocycles. The van der Waals surface area contributed by atoms with Crippen molar-refractivity contribution < 1.29 is 19.4 Å². The number of nitrogens with zero attached hydrogens (tertiary/aromatic N) is 1. The van der Waals surface area contributed by atoms with Gasteiger partial charge in [-0.1, -0.05) is 19.3 Å². The summed E-state index contributed by atoms with van der Waals surface area (Å²) in [4.78, 5) is 25.1. The fourth-order valence-electron chi connectivity index (χ4n) is 2.50. The first-order chi connectivity index (χ1) is 8.72. The van der Waals surface area contributed by atoms with E-state index in [9.17, 15) is 14.7 Å². The summed E-state index contributed by atoms with van der Waals surface area (Å²) in [5.41, 5.74) is -0.668. The van der Waals surface area contributed by atoms with Gasteiger partial charge in [-0.2, -0.15) is 0 Å². The molecule has 110 valence electrons. The largest absolute Gasteiger partial charge is 0.480 e. The third-order valence-corrected chi connectivity index (χ3v) is 3.42. The second kappa shape index (κ2) is 6.37. The molecule has 5 nitrogen and oxygen atoms in total. The van der Waals surface area contributed by atoms with Crippen LogP contribution in [0.2, 0.25) is 0 Å². The van der Waals surface area contributed by atoms with Crippen molar-refractivity contribution in [1.29, 1.82) is 0 Å². The first-order valence-electron chi connectivity index (χ1n) is 6.90. The lowest BCUT2D eigenvalue weighted by molar-refractivity contribution is -0.169. The van der Waals surface area contributed by atoms with Crippen LogP contribution in [0.3, 0.4) is 0 Å². The van der Waals surface area contributed by atoms with Gasteiger partial charge < -0.3 is 9.84 Å². The minimum absolute atomic E-state index is 0.155. The van der Waals surface area contributed by atoms with Gasteiger partial charge in [0.25, 0.3) is 0 Å². The van der Waals surface area contributed by atoms with Crippen LogP contribution in [0.1, 0.15) is 52.9 Å². The number of ether oxygens (including phenoxy) is 1. The Morgan fingerprint density at radius 1 is 1.21 bits per heavy atom. The zero-order valence-electron chi connectivity index (χ0n) is 12.3. The van der Waals surface area contributed by atoms with E-state index in [4.69, 9.17) is 4.74 Å². The standard InChI is InChI=1S/C14H25NO4/c1-14(2,3)19-13(18)11(12(16)17)15(4)10-8-6-5-7-9-10/h10-11H,5-9H2,1-4H3,(H,16,17). The molecular formula is C14H25NO4. The molecule has 1 N–H and O–H groups in total. The van der Waals surface area contributed by atoms with Crippen molar-refractivity contribution >= 4 is 11.9 Å². The van der Waals surface area contributed by atoms with Crippen LogP contribution in [0, 0.1) is 0 Å². The zero-order valence-corrected chi connectivity index (χ0v) is 12.3. The molecule has 0 heterocycles. The Hall–Kier alpha value is -1.10. The van der Waals surface area contributed by atoms with Crippen LogP contribution in [-0.4, -0.2) is 46.7 Å². The lowest BCUT2D eigenvalue weighted by atomic mass is 9.93. The van der Waals surface area contributed by atoms with Crippen LogP contribution in [-0.2, 0) is 14.3 Å². The van der Waals surface area contributed by atoms with E-state index in [-0.39, 0.29) is 6.04 Å². The molecule has 0 radical (unpaired) electrons. The molecule has 0 spiro atoms. The molecule has 0 aromatic carbocycles. The SMILES string of the molecule is CN(C1CCCCC1)C(C(=O)O)C(=O)OC(C)(C)C. The van der Waals surface area contributed by atoms with Gasteiger partial charge in [0.05, 0.1) is 0 Å². The molecule has 0 bridgehead atoms. The fourth-order valence-corrected chi connectivity index (χ4v) is 2.50. The predicted octanol–water partition coefficient (Wildman–Crippen LogP) is 2.05. The van der Waals surface area contributed by atoms with Crippen molar-refractivity contribution in [2.45, 2.75) is 70.6 Å². The van der Waals surface area contributed by atoms with E-state index in [1.54, 1.807) is 32.7 Å². The molecule has 1 rings (SSSR count). The van der Waals surface area contributed by atoms with E-state index in [1.807, 2.05) is 0 Å². The quantitative estimate of drug-likeness (QED) is 0.626. The van der Waals surface area contributed by atoms with Crippen molar-refractivity contribution in [3.8, 4) is 0 Å². The second-order valence-corrected chi connectivity index (χ2v) is 6.23. The number of esters is 1. The molecule has 0 aromatic rings. The highest BCUT2D eigenvalue weighted by Gasteiger charge is 2.37. The predicted molar refractivity (Wildman–Crippen MR) is 71.9 cm³/mol. The molecule has 0 aromatic heterocycles. The summed E-state index contributed by atoms with van der Waals surface area (Å²) in [5.74, 6) is -1.81. The van der Waals surface area contributed by atoms with Crippen LogP contribution in [0.15, 0.2) is 0 Å². The van der Waals surface area contributed by atoms with Crippen molar-refractivity contribution in [3.05, 3.63) is 0 Å². The van der Waals surface area contributed by atoms with Gasteiger partial charge in [0.15, 0.2) is 0 Å². The summed E-state index contributed by atoms with van der Waals surface area (Å²) in [6.45, 7) is 5.22. The topological polar surface area (TPSA) is 66.8 Å². The summed E-state index contributed by atoms with van der Waals surface area (Å²) in [6.07, 6.45) is 5.27. The number of rotatable bonds is 4. The number of carbonyl (C=O) groups is 2. The number of hydrogen-bond acceptors (Lipinski definition) is 4. The lowest BCUT2D eigenvalue weighted by Gasteiger charge is -2.35. The van der Waals surface area contributed by atoms with Crippen LogP contribution in [0.4, 0.5) is 0 Å². The highest BCUT2D eigenvalue weighted by atomic mass is 16.6. The molecule has 0 saturated heterocycles. The van der Waals surface area contributed by atoms with Crippen molar-refractivity contribution in [2.75, 3.05) is 7.05 Å². The summed E-state index contributed by atoms with van der Waals surface area (Å²) in [5, 5.41) is 9.30. The summed E-state index contributed by atoms with van der Waals surface area (Å²) in [7, 11) is 1.71. The summed E-state index contributed by atoms with van der Waals surface area (Å²) >= 11 is 0. The summed E-state index contributed by atoms with van der Waals surface area (Å²) in [6, 6.07) is -1.05. The minimum Gasteiger partial charge on any atom is -0.480 e. The molecule has 1 aliphatic rings. The highest BCUT2D eigenvalue weighted by Crippen LogP contribution is 2.24. The average Bonchev–Trinajstić information content (AvgIpc) is 2.27. The number of carbonyl (C=O) groups excluding carboxylic acids is 1. The molecule has 0 aliphatic heterocycles. The molecule has 1 fully saturated rings. The van der Waals surface area contributed by atoms with Gasteiger partial charge in [-0.25, -0.2) is 9.59 Å². The van der Waals surface area contributed by atoms with E-state index >= 15 is 0 Å². The minimum atomic E-state index is -1.21. The maximum Gasteiger partial charge on any atom is 0.335 e. The Morgan fingerprint density at radius 2 is 1.74 bits per heavy atom. The third kappa shape index (κ3) is 4.82. The van der Waals surface area contributed by atoms with Gasteiger partial charge in [-0.3, -0.25) is 4.90 Å². The Labute approximate surface area is 114 Å². The number of carboxylic acids is 1. The van der Waals surface area contributed by atoms with Gasteiger partial charge in [0.1, 0.15) is 5.60 Å². The van der Waals surface area contributed by atoms with E-state index in [2.05, 4.69) is 0 Å². The van der Waals surface area contributed by atoms with Crippen LogP contribution < -0.4 is 0 Å². The Kier molecular flexibility index (Phi) is 5.35. The number of aliphatic carboxylic acids is 1. The number of hydrogen-bond donors (Lipinski definition) is 1. The molecule has 5 heteroatoms. The first kappa shape index (κ1) is 16.0. The Bertz CT molecular complexity index is 329. The van der Waals surface area contributed by atoms with E-state index in [0.717, 1.165) is 25.7 Å². The van der Waals surface area contributed by atoms with E-state index in [0.29, 0.717) is 0 Å². The Balaban J connectivity index is 2.75. The van der Waals surface area contributed by atoms with Crippen molar-refractivity contribution in [3.63, 3.8) is 0 Å². The molecule has 1 unspecified atom stereocenters. The average molecular weight is 271 g/mol. The van der Waals surface area contributed by atoms with Gasteiger partial charge in [0.2, 0.25) is 6.04 Å². The summed E-state index contributed by atoms with van der Waals surface area (Å²) < 4.78 is 5.21. The Morgan fingerprint density at radius 3 is 2.16 bits per heavy atom. The highest BCUT2D eigenvalue weighted by molar-refractivity contribution is 5.98. The van der Waals surface area contributed by atoms with E-state index < -0.39 is 23.6 Å². The normalized spacial score (nSPS) is 19.2. The van der Waals surface area contributed by atoms with Gasteiger partial charge in [-0.15, -0.1) is 0 Å². The zero-order chi connectivity index (χ0) is 14.6. The van der Waals surface area contributed by atoms with Gasteiger partial charge in [-0.05, 0) is 40.7 Å². The van der Waals surface area contributed by atoms with Crippen LogP contribution in [0.5, 0.6) is 0 Å². The van der Waals surface area contributed by atoms with Crippen molar-refractivity contribution in [1.82, 2.24) is 4.90 Å². The third-order valence-electron chi connectivity index (χ3n) is 3.42. The molecule has 1 atom stereocenters. The molecule has 19 heavy (non-hydrogen) atoms. The fraction of sp³-hybridized carbons (Fsp3) is 0.857. The van der Waals surface area contributed by atoms with Gasteiger partial charge >= 0.3 is 11.9 Å². The number of carboxylic acid groups (broad SMARTS) is 1. The number of likely N-dealkylation sites (N-methyl/N-ethyl adjacent to an activating group) is 1. The van der Waals surface area contributed by atoms with Crippen LogP contribution in [0.25, 0.3) is 0 Å². The molecular weight excluding hydrogens is 246 g/mol. The maximum absolute atomic E-state index is 12.0. The van der Waals surface area contributed by atoms with E-state index in [1.165, 1.54) is 6.42 Å². The lowest BCUT2D eigenvalue weighted by Crippen LogP contribution is -2.51. The first-order valence-corrected chi connectivity index (χ1v) is 6.90. The van der Waals surface area contributed by atoms with Crippen LogP contribution >= 0.6 is 0 Å². The molecule has 1 saturated carbocycles. The molecule has 0 amide bonds. The van der Waals surface area contributed by atoms with Gasteiger partial charge in [0, 0.05) is 6.04 Å². The smallest absolute Gasteiger partial charge is 0.335 e. The van der Waals surface area contributed by atoms with Crippen molar-refractivity contribution in [2.24, 2.45) is 0 Å². The monoisotopic (exact) mass is 271 g/mol. The second-order valence-electron chi connectivity index (χ2n) is 6.23. The maximum atomic E-state index is 12.0.